The zero-order valence-corrected chi connectivity index (χ0v) is 25.6. The van der Waals surface area contributed by atoms with Crippen molar-refractivity contribution < 1.29 is 27.4 Å². The first-order chi connectivity index (χ1) is 19.1. The Balaban J connectivity index is 1.37. The molecule has 40 heavy (non-hydrogen) atoms. The molecule has 0 aliphatic heterocycles. The number of rotatable bonds is 14. The molecule has 1 atom stereocenters. The topological polar surface area (TPSA) is 97.4 Å². The van der Waals surface area contributed by atoms with Gasteiger partial charge in [-0.2, -0.15) is 4.31 Å². The molecule has 2 aromatic rings. The number of likely N-dealkylation sites (N-methyl/N-ethyl adjacent to an activating group) is 1. The van der Waals surface area contributed by atoms with Gasteiger partial charge in [0.05, 0.1) is 25.7 Å². The predicted molar refractivity (Wildman–Crippen MR) is 157 cm³/mol. The van der Waals surface area contributed by atoms with Crippen molar-refractivity contribution in [2.24, 2.45) is 11.8 Å². The Morgan fingerprint density at radius 2 is 1.65 bits per heavy atom. The van der Waals surface area contributed by atoms with Crippen LogP contribution in [-0.4, -0.2) is 85.2 Å². The minimum absolute atomic E-state index is 0.0881. The number of benzene rings is 2. The van der Waals surface area contributed by atoms with Crippen molar-refractivity contribution in [1.82, 2.24) is 14.5 Å². The number of nitrogens with zero attached hydrogens (tertiary/aromatic N) is 2. The van der Waals surface area contributed by atoms with Crippen molar-refractivity contribution in [2.75, 3.05) is 61.7 Å². The first-order valence-corrected chi connectivity index (χ1v) is 15.3. The zero-order valence-electron chi connectivity index (χ0n) is 24.1. The molecule has 0 spiro atoms. The molecular weight excluding hydrogens is 554 g/mol. The molecule has 1 aliphatic carbocycles. The molecule has 0 heterocycles. The van der Waals surface area contributed by atoms with Crippen LogP contribution >= 0.6 is 11.6 Å². The normalized spacial score (nSPS) is 18.5. The summed E-state index contributed by atoms with van der Waals surface area (Å²) in [6.07, 6.45) is 4.32. The molecule has 0 saturated heterocycles. The van der Waals surface area contributed by atoms with Crippen molar-refractivity contribution in [3.05, 3.63) is 53.1 Å². The molecule has 0 aromatic heterocycles. The molecule has 9 nitrogen and oxygen atoms in total. The second kappa shape index (κ2) is 15.0. The van der Waals surface area contributed by atoms with Crippen LogP contribution in [0.4, 0.5) is 0 Å². The molecule has 11 heteroatoms. The fourth-order valence-electron chi connectivity index (χ4n) is 5.30. The van der Waals surface area contributed by atoms with E-state index in [4.69, 9.17) is 25.8 Å². The van der Waals surface area contributed by atoms with E-state index in [9.17, 15) is 13.2 Å². The molecule has 1 N–H and O–H groups in total. The Hall–Kier alpha value is -2.37. The van der Waals surface area contributed by atoms with E-state index in [1.165, 1.54) is 43.3 Å². The Morgan fingerprint density at radius 1 is 1.00 bits per heavy atom. The van der Waals surface area contributed by atoms with Gasteiger partial charge >= 0.3 is 0 Å². The Morgan fingerprint density at radius 3 is 2.25 bits per heavy atom. The Kier molecular flexibility index (Phi) is 12.1. The molecule has 222 valence electrons. The van der Waals surface area contributed by atoms with Crippen molar-refractivity contribution in [2.45, 2.75) is 36.6 Å². The molecule has 0 radical (unpaired) electrons. The number of hydrogen-bond acceptors (Lipinski definition) is 7. The van der Waals surface area contributed by atoms with Gasteiger partial charge in [0.25, 0.3) is 0 Å². The zero-order chi connectivity index (χ0) is 29.3. The second-order valence-electron chi connectivity index (χ2n) is 10.4. The summed E-state index contributed by atoms with van der Waals surface area (Å²) >= 11 is 6.08. The molecular formula is C29H42ClN3O6S. The number of carbonyl (C=O) groups excluding carboxylic acids is 1. The van der Waals surface area contributed by atoms with Gasteiger partial charge in [-0.05, 0) is 81.4 Å². The molecule has 3 rings (SSSR count). The summed E-state index contributed by atoms with van der Waals surface area (Å²) in [5.41, 5.74) is 1.28. The van der Waals surface area contributed by atoms with E-state index >= 15 is 0 Å². The smallest absolute Gasteiger partial charge is 0.246 e. The van der Waals surface area contributed by atoms with Gasteiger partial charge in [0.2, 0.25) is 15.9 Å². The van der Waals surface area contributed by atoms with E-state index in [1.807, 2.05) is 12.1 Å². The molecule has 1 aliphatic rings. The van der Waals surface area contributed by atoms with Crippen LogP contribution < -0.4 is 14.8 Å². The van der Waals surface area contributed by atoms with Crippen molar-refractivity contribution in [3.63, 3.8) is 0 Å². The SMILES string of the molecule is COc1ccc(S(=O)(=O)N(C)CCOCC(=O)NCC2CCC(C(c3ccc(Cl)cc3)N(C)C)CC2)cc1OC. The highest BCUT2D eigenvalue weighted by molar-refractivity contribution is 7.89. The number of halogens is 1. The summed E-state index contributed by atoms with van der Waals surface area (Å²) in [5, 5.41) is 3.72. The lowest BCUT2D eigenvalue weighted by atomic mass is 9.76. The van der Waals surface area contributed by atoms with Gasteiger partial charge in [0, 0.05) is 37.3 Å². The number of carbonyl (C=O) groups is 1. The third-order valence-electron chi connectivity index (χ3n) is 7.54. The molecule has 1 saturated carbocycles. The number of amides is 1. The lowest BCUT2D eigenvalue weighted by molar-refractivity contribution is -0.126. The minimum Gasteiger partial charge on any atom is -0.493 e. The van der Waals surface area contributed by atoms with E-state index in [2.05, 4.69) is 36.4 Å². The standard InChI is InChI=1S/C29H42ClN3O6S/c1-32(2)29(23-10-12-24(30)13-11-23)22-8-6-21(7-9-22)19-31-28(34)20-39-17-16-33(3)40(35,36)25-14-15-26(37-4)27(18-25)38-5/h10-15,18,21-22,29H,6-9,16-17,19-20H2,1-5H3,(H,31,34). The van der Waals surface area contributed by atoms with Crippen molar-refractivity contribution in [3.8, 4) is 11.5 Å². The molecule has 1 amide bonds. The maximum absolute atomic E-state index is 12.9. The summed E-state index contributed by atoms with van der Waals surface area (Å²) in [5.74, 6) is 1.57. The highest BCUT2D eigenvalue weighted by Gasteiger charge is 2.30. The maximum Gasteiger partial charge on any atom is 0.246 e. The number of sulfonamides is 1. The van der Waals surface area contributed by atoms with Gasteiger partial charge in [-0.15, -0.1) is 0 Å². The van der Waals surface area contributed by atoms with Crippen LogP contribution in [-0.2, 0) is 19.6 Å². The highest BCUT2D eigenvalue weighted by Crippen LogP contribution is 2.39. The fraction of sp³-hybridized carbons (Fsp3) is 0.552. The summed E-state index contributed by atoms with van der Waals surface area (Å²) in [4.78, 5) is 14.7. The summed E-state index contributed by atoms with van der Waals surface area (Å²) < 4.78 is 42.8. The average Bonchev–Trinajstić information content (AvgIpc) is 2.95. The first kappa shape index (κ1) is 32.1. The van der Waals surface area contributed by atoms with E-state index in [1.54, 1.807) is 6.07 Å². The van der Waals surface area contributed by atoms with Crippen LogP contribution in [0.2, 0.25) is 5.02 Å². The van der Waals surface area contributed by atoms with Crippen molar-refractivity contribution in [1.29, 1.82) is 0 Å². The monoisotopic (exact) mass is 595 g/mol. The number of ether oxygens (including phenoxy) is 3. The first-order valence-electron chi connectivity index (χ1n) is 13.5. The van der Waals surface area contributed by atoms with Crippen LogP contribution in [0.5, 0.6) is 11.5 Å². The Bertz CT molecular complexity index is 1200. The van der Waals surface area contributed by atoms with Gasteiger partial charge in [-0.1, -0.05) is 23.7 Å². The molecule has 1 unspecified atom stereocenters. The number of methoxy groups -OCH3 is 2. The van der Waals surface area contributed by atoms with Gasteiger partial charge in [-0.3, -0.25) is 4.79 Å². The van der Waals surface area contributed by atoms with E-state index < -0.39 is 10.0 Å². The van der Waals surface area contributed by atoms with E-state index in [0.717, 1.165) is 30.7 Å². The van der Waals surface area contributed by atoms with Gasteiger partial charge < -0.3 is 24.4 Å². The van der Waals surface area contributed by atoms with E-state index in [0.29, 0.717) is 35.9 Å². The van der Waals surface area contributed by atoms with Crippen molar-refractivity contribution >= 4 is 27.5 Å². The Labute approximate surface area is 243 Å². The average molecular weight is 596 g/mol. The van der Waals surface area contributed by atoms with Gasteiger partial charge in [-0.25, -0.2) is 8.42 Å². The molecule has 1 fully saturated rings. The lowest BCUT2D eigenvalue weighted by Crippen LogP contribution is -2.36. The molecule has 2 aromatic carbocycles. The van der Waals surface area contributed by atoms with Crippen LogP contribution in [0.25, 0.3) is 0 Å². The highest BCUT2D eigenvalue weighted by atomic mass is 35.5. The molecule has 0 bridgehead atoms. The second-order valence-corrected chi connectivity index (χ2v) is 12.9. The van der Waals surface area contributed by atoms with Crippen LogP contribution in [0.3, 0.4) is 0 Å². The quantitative estimate of drug-likeness (QED) is 0.327. The van der Waals surface area contributed by atoms with Gasteiger partial charge in [0.15, 0.2) is 11.5 Å². The third-order valence-corrected chi connectivity index (χ3v) is 9.65. The largest absolute Gasteiger partial charge is 0.493 e. The number of hydrogen-bond donors (Lipinski definition) is 1. The maximum atomic E-state index is 12.9. The van der Waals surface area contributed by atoms with Crippen LogP contribution in [0.15, 0.2) is 47.4 Å². The lowest BCUT2D eigenvalue weighted by Gasteiger charge is -2.37. The van der Waals surface area contributed by atoms with Gasteiger partial charge in [0.1, 0.15) is 6.61 Å². The summed E-state index contributed by atoms with van der Waals surface area (Å²) in [6, 6.07) is 12.9. The third kappa shape index (κ3) is 8.57. The van der Waals surface area contributed by atoms with Crippen LogP contribution in [0, 0.1) is 11.8 Å². The summed E-state index contributed by atoms with van der Waals surface area (Å²) in [6.45, 7) is 0.710. The van der Waals surface area contributed by atoms with E-state index in [-0.39, 0.29) is 30.6 Å². The minimum atomic E-state index is -3.75. The summed E-state index contributed by atoms with van der Waals surface area (Å²) in [7, 11) is 4.90. The van der Waals surface area contributed by atoms with Crippen LogP contribution in [0.1, 0.15) is 37.3 Å². The number of nitrogens with one attached hydrogen (secondary N) is 1. The predicted octanol–water partition coefficient (Wildman–Crippen LogP) is 4.22. The fourth-order valence-corrected chi connectivity index (χ4v) is 6.60.